The number of methoxy groups -OCH3 is 1. The molecule has 0 saturated heterocycles. The molecule has 0 aliphatic carbocycles. The molecule has 0 fully saturated rings. The molecule has 2 heteroatoms. The van der Waals surface area contributed by atoms with Crippen LogP contribution in [0.15, 0.2) is 30.3 Å². The molecular formula is C13H21NO. The monoisotopic (exact) mass is 207 g/mol. The van der Waals surface area contributed by atoms with Crippen molar-refractivity contribution >= 4 is 0 Å². The maximum Gasteiger partial charge on any atom is 0.0474 e. The van der Waals surface area contributed by atoms with E-state index in [0.717, 1.165) is 32.5 Å². The number of benzene rings is 1. The lowest BCUT2D eigenvalue weighted by Crippen LogP contribution is -2.23. The normalized spacial score (nSPS) is 10.9. The van der Waals surface area contributed by atoms with Gasteiger partial charge < -0.3 is 9.64 Å². The molecule has 2 nitrogen and oxygen atoms in total. The maximum absolute atomic E-state index is 5.03. The van der Waals surface area contributed by atoms with Crippen LogP contribution in [-0.4, -0.2) is 38.8 Å². The number of nitrogens with zero attached hydrogens (tertiary/aromatic N) is 1. The fourth-order valence-corrected chi connectivity index (χ4v) is 1.56. The van der Waals surface area contributed by atoms with E-state index in [1.54, 1.807) is 7.11 Å². The van der Waals surface area contributed by atoms with Gasteiger partial charge in [-0.15, -0.1) is 0 Å². The average Bonchev–Trinajstić information content (AvgIpc) is 2.28. The lowest BCUT2D eigenvalue weighted by molar-refractivity contribution is 0.179. The second-order valence-electron chi connectivity index (χ2n) is 3.89. The minimum Gasteiger partial charge on any atom is -0.385 e. The molecule has 0 unspecified atom stereocenters. The molecule has 0 amide bonds. The lowest BCUT2D eigenvalue weighted by atomic mass is 10.1. The molecule has 0 aromatic heterocycles. The lowest BCUT2D eigenvalue weighted by Gasteiger charge is -2.15. The van der Waals surface area contributed by atoms with Crippen LogP contribution in [0.1, 0.15) is 12.0 Å². The van der Waals surface area contributed by atoms with Crippen LogP contribution in [0.25, 0.3) is 0 Å². The molecule has 0 aliphatic heterocycles. The first-order valence-electron chi connectivity index (χ1n) is 5.54. The third-order valence-corrected chi connectivity index (χ3v) is 2.51. The van der Waals surface area contributed by atoms with E-state index in [0.29, 0.717) is 0 Å². The molecule has 0 atom stereocenters. The largest absolute Gasteiger partial charge is 0.385 e. The number of rotatable bonds is 7. The van der Waals surface area contributed by atoms with Crippen LogP contribution in [0.3, 0.4) is 0 Å². The fourth-order valence-electron chi connectivity index (χ4n) is 1.56. The van der Waals surface area contributed by atoms with E-state index < -0.39 is 0 Å². The summed E-state index contributed by atoms with van der Waals surface area (Å²) in [6.45, 7) is 3.09. The van der Waals surface area contributed by atoms with Crippen LogP contribution in [0, 0.1) is 0 Å². The Morgan fingerprint density at radius 1 is 1.13 bits per heavy atom. The second kappa shape index (κ2) is 7.43. The summed E-state index contributed by atoms with van der Waals surface area (Å²) < 4.78 is 5.03. The highest BCUT2D eigenvalue weighted by molar-refractivity contribution is 5.14. The summed E-state index contributed by atoms with van der Waals surface area (Å²) in [5.74, 6) is 0. The molecule has 0 aliphatic rings. The number of hydrogen-bond acceptors (Lipinski definition) is 2. The Hall–Kier alpha value is -0.860. The molecule has 15 heavy (non-hydrogen) atoms. The van der Waals surface area contributed by atoms with Gasteiger partial charge in [-0.05, 0) is 25.5 Å². The summed E-state index contributed by atoms with van der Waals surface area (Å²) in [6.07, 6.45) is 2.24. The minimum atomic E-state index is 0.857. The van der Waals surface area contributed by atoms with E-state index in [2.05, 4.69) is 42.3 Å². The van der Waals surface area contributed by atoms with E-state index in [4.69, 9.17) is 4.74 Å². The Bertz CT molecular complexity index is 248. The van der Waals surface area contributed by atoms with Crippen molar-refractivity contribution < 1.29 is 4.74 Å². The van der Waals surface area contributed by atoms with Crippen molar-refractivity contribution in [3.8, 4) is 0 Å². The summed E-state index contributed by atoms with van der Waals surface area (Å²) >= 11 is 0. The van der Waals surface area contributed by atoms with Crippen molar-refractivity contribution in [2.45, 2.75) is 12.8 Å². The molecule has 0 saturated carbocycles. The number of likely N-dealkylation sites (N-methyl/N-ethyl adjacent to an activating group) is 1. The zero-order valence-corrected chi connectivity index (χ0v) is 9.78. The average molecular weight is 207 g/mol. The molecular weight excluding hydrogens is 186 g/mol. The van der Waals surface area contributed by atoms with E-state index in [1.807, 2.05) is 0 Å². The van der Waals surface area contributed by atoms with Gasteiger partial charge in [0.2, 0.25) is 0 Å². The van der Waals surface area contributed by atoms with E-state index >= 15 is 0 Å². The van der Waals surface area contributed by atoms with Crippen LogP contribution in [0.4, 0.5) is 0 Å². The summed E-state index contributed by atoms with van der Waals surface area (Å²) in [6, 6.07) is 10.6. The van der Waals surface area contributed by atoms with Gasteiger partial charge in [-0.25, -0.2) is 0 Å². The van der Waals surface area contributed by atoms with Gasteiger partial charge in [-0.2, -0.15) is 0 Å². The molecule has 0 N–H and O–H groups in total. The van der Waals surface area contributed by atoms with Crippen molar-refractivity contribution in [2.75, 3.05) is 33.9 Å². The van der Waals surface area contributed by atoms with Crippen LogP contribution < -0.4 is 0 Å². The molecule has 1 rings (SSSR count). The van der Waals surface area contributed by atoms with E-state index in [-0.39, 0.29) is 0 Å². The fraction of sp³-hybridized carbons (Fsp3) is 0.538. The predicted octanol–water partition coefficient (Wildman–Crippen LogP) is 2.20. The summed E-state index contributed by atoms with van der Waals surface area (Å²) in [7, 11) is 3.92. The van der Waals surface area contributed by atoms with Crippen molar-refractivity contribution in [2.24, 2.45) is 0 Å². The highest BCUT2D eigenvalue weighted by Crippen LogP contribution is 2.00. The summed E-state index contributed by atoms with van der Waals surface area (Å²) in [5.41, 5.74) is 1.41. The quantitative estimate of drug-likeness (QED) is 0.636. The third kappa shape index (κ3) is 5.55. The van der Waals surface area contributed by atoms with Crippen LogP contribution >= 0.6 is 0 Å². The molecule has 1 aromatic rings. The van der Waals surface area contributed by atoms with Crippen LogP contribution in [-0.2, 0) is 11.2 Å². The van der Waals surface area contributed by atoms with Crippen LogP contribution in [0.5, 0.6) is 0 Å². The zero-order chi connectivity index (χ0) is 10.9. The van der Waals surface area contributed by atoms with Crippen molar-refractivity contribution in [3.05, 3.63) is 35.9 Å². The van der Waals surface area contributed by atoms with Crippen molar-refractivity contribution in [3.63, 3.8) is 0 Å². The topological polar surface area (TPSA) is 12.5 Å². The third-order valence-electron chi connectivity index (χ3n) is 2.51. The maximum atomic E-state index is 5.03. The van der Waals surface area contributed by atoms with E-state index in [9.17, 15) is 0 Å². The Kier molecular flexibility index (Phi) is 6.05. The highest BCUT2D eigenvalue weighted by Gasteiger charge is 1.98. The summed E-state index contributed by atoms with van der Waals surface area (Å²) in [5, 5.41) is 0. The number of hydrogen-bond donors (Lipinski definition) is 0. The Balaban J connectivity index is 2.14. The highest BCUT2D eigenvalue weighted by atomic mass is 16.5. The smallest absolute Gasteiger partial charge is 0.0474 e. The molecule has 0 heterocycles. The van der Waals surface area contributed by atoms with Gasteiger partial charge >= 0.3 is 0 Å². The Morgan fingerprint density at radius 3 is 2.53 bits per heavy atom. The van der Waals surface area contributed by atoms with Crippen molar-refractivity contribution in [1.82, 2.24) is 4.90 Å². The molecule has 0 radical (unpaired) electrons. The first-order chi connectivity index (χ1) is 7.33. The second-order valence-corrected chi connectivity index (χ2v) is 3.89. The standard InChI is InChI=1S/C13H21NO/c1-14(10-6-12-15-2)11-9-13-7-4-3-5-8-13/h3-5,7-8H,6,9-12H2,1-2H3. The molecule has 84 valence electrons. The van der Waals surface area contributed by atoms with Gasteiger partial charge in [0.25, 0.3) is 0 Å². The summed E-state index contributed by atoms with van der Waals surface area (Å²) in [4.78, 5) is 2.35. The van der Waals surface area contributed by atoms with Gasteiger partial charge in [0, 0.05) is 26.8 Å². The van der Waals surface area contributed by atoms with E-state index in [1.165, 1.54) is 5.56 Å². The van der Waals surface area contributed by atoms with Crippen molar-refractivity contribution in [1.29, 1.82) is 0 Å². The first kappa shape index (κ1) is 12.2. The predicted molar refractivity (Wildman–Crippen MR) is 64.1 cm³/mol. The molecule has 1 aromatic carbocycles. The van der Waals surface area contributed by atoms with Gasteiger partial charge in [-0.3, -0.25) is 0 Å². The minimum absolute atomic E-state index is 0.857. The van der Waals surface area contributed by atoms with Crippen LogP contribution in [0.2, 0.25) is 0 Å². The van der Waals surface area contributed by atoms with Gasteiger partial charge in [0.15, 0.2) is 0 Å². The molecule has 0 bridgehead atoms. The first-order valence-corrected chi connectivity index (χ1v) is 5.54. The van der Waals surface area contributed by atoms with Gasteiger partial charge in [0.1, 0.15) is 0 Å². The SMILES string of the molecule is COCCCN(C)CCc1ccccc1. The van der Waals surface area contributed by atoms with Gasteiger partial charge in [0.05, 0.1) is 0 Å². The number of ether oxygens (including phenoxy) is 1. The molecule has 0 spiro atoms. The Labute approximate surface area is 92.9 Å². The zero-order valence-electron chi connectivity index (χ0n) is 9.78. The van der Waals surface area contributed by atoms with Gasteiger partial charge in [-0.1, -0.05) is 30.3 Å². The Morgan fingerprint density at radius 2 is 1.87 bits per heavy atom.